The van der Waals surface area contributed by atoms with Gasteiger partial charge in [-0.1, -0.05) is 66.7 Å². The van der Waals surface area contributed by atoms with E-state index in [4.69, 9.17) is 14.2 Å². The Balaban J connectivity index is 1.71. The summed E-state index contributed by atoms with van der Waals surface area (Å²) < 4.78 is 16.8. The molecule has 0 fully saturated rings. The Kier molecular flexibility index (Phi) is 8.64. The Morgan fingerprint density at radius 1 is 0.750 bits per heavy atom. The molecule has 0 aliphatic carbocycles. The van der Waals surface area contributed by atoms with Crippen molar-refractivity contribution in [2.45, 2.75) is 39.9 Å². The molecule has 0 aromatic heterocycles. The molecule has 0 radical (unpaired) electrons. The van der Waals surface area contributed by atoms with Crippen LogP contribution in [0, 0.1) is 0 Å². The van der Waals surface area contributed by atoms with Gasteiger partial charge in [0.2, 0.25) is 0 Å². The maximum atomic E-state index is 13.7. The number of amides is 1. The van der Waals surface area contributed by atoms with E-state index in [1.165, 1.54) is 13.0 Å². The number of benzene rings is 4. The molecule has 0 aliphatic rings. The highest BCUT2D eigenvalue weighted by Gasteiger charge is 2.23. The van der Waals surface area contributed by atoms with Crippen LogP contribution in [0.5, 0.6) is 11.5 Å². The quantitative estimate of drug-likeness (QED) is 0.191. The van der Waals surface area contributed by atoms with E-state index >= 15 is 0 Å². The van der Waals surface area contributed by atoms with Crippen molar-refractivity contribution in [3.8, 4) is 22.6 Å². The van der Waals surface area contributed by atoms with Gasteiger partial charge in [-0.25, -0.2) is 4.79 Å². The van der Waals surface area contributed by atoms with Crippen molar-refractivity contribution in [2.75, 3.05) is 5.32 Å². The van der Waals surface area contributed by atoms with E-state index in [2.05, 4.69) is 5.32 Å². The molecule has 7 heteroatoms. The van der Waals surface area contributed by atoms with E-state index in [0.29, 0.717) is 0 Å². The lowest BCUT2D eigenvalue weighted by Crippen LogP contribution is -2.25. The minimum absolute atomic E-state index is 0.134. The first-order valence-corrected chi connectivity index (χ1v) is 12.8. The molecular formula is C33H31NO6. The lowest BCUT2D eigenvalue weighted by atomic mass is 10.0. The minimum atomic E-state index is -0.729. The number of carbonyl (C=O) groups excluding carboxylic acids is 3. The van der Waals surface area contributed by atoms with Gasteiger partial charge in [0.15, 0.2) is 0 Å². The van der Waals surface area contributed by atoms with Crippen LogP contribution < -0.4 is 14.8 Å². The highest BCUT2D eigenvalue weighted by molar-refractivity contribution is 6.10. The third-order valence-corrected chi connectivity index (χ3v) is 5.69. The van der Waals surface area contributed by atoms with E-state index in [1.54, 1.807) is 51.1 Å². The average Bonchev–Trinajstić information content (AvgIpc) is 2.92. The van der Waals surface area contributed by atoms with Crippen molar-refractivity contribution >= 4 is 23.5 Å². The molecule has 0 unspecified atom stereocenters. The van der Waals surface area contributed by atoms with Gasteiger partial charge in [0.05, 0.1) is 16.8 Å². The number of hydrogen-bond donors (Lipinski definition) is 1. The Morgan fingerprint density at radius 3 is 2.08 bits per heavy atom. The molecule has 4 aromatic rings. The predicted molar refractivity (Wildman–Crippen MR) is 154 cm³/mol. The molecular weight excluding hydrogens is 506 g/mol. The van der Waals surface area contributed by atoms with Crippen molar-refractivity contribution in [3.63, 3.8) is 0 Å². The molecule has 7 nitrogen and oxygen atoms in total. The summed E-state index contributed by atoms with van der Waals surface area (Å²) in [5.41, 5.74) is 2.51. The fraction of sp³-hybridized carbons (Fsp3) is 0.182. The maximum absolute atomic E-state index is 13.7. The third-order valence-electron chi connectivity index (χ3n) is 5.69. The van der Waals surface area contributed by atoms with E-state index < -0.39 is 23.4 Å². The molecule has 0 saturated carbocycles. The molecule has 4 rings (SSSR count). The van der Waals surface area contributed by atoms with Gasteiger partial charge in [0.1, 0.15) is 23.7 Å². The van der Waals surface area contributed by atoms with Crippen molar-refractivity contribution in [1.29, 1.82) is 0 Å². The summed E-state index contributed by atoms with van der Waals surface area (Å²) in [6.45, 7) is 6.83. The van der Waals surface area contributed by atoms with Gasteiger partial charge in [-0.15, -0.1) is 0 Å². The van der Waals surface area contributed by atoms with Gasteiger partial charge in [-0.3, -0.25) is 9.59 Å². The van der Waals surface area contributed by atoms with E-state index in [9.17, 15) is 14.4 Å². The summed E-state index contributed by atoms with van der Waals surface area (Å²) in [4.78, 5) is 38.4. The van der Waals surface area contributed by atoms with E-state index in [-0.39, 0.29) is 34.9 Å². The summed E-state index contributed by atoms with van der Waals surface area (Å²) in [7, 11) is 0. The minimum Gasteiger partial charge on any atom is -0.488 e. The number of nitrogens with one attached hydrogen (secondary N) is 1. The van der Waals surface area contributed by atoms with Crippen molar-refractivity contribution < 1.29 is 28.6 Å². The molecule has 0 spiro atoms. The Labute approximate surface area is 233 Å². The first-order chi connectivity index (χ1) is 19.1. The van der Waals surface area contributed by atoms with Crippen LogP contribution in [0.2, 0.25) is 0 Å². The first kappa shape index (κ1) is 28.1. The zero-order chi connectivity index (χ0) is 28.7. The van der Waals surface area contributed by atoms with Crippen molar-refractivity contribution in [2.24, 2.45) is 0 Å². The second-order valence-electron chi connectivity index (χ2n) is 10.1. The molecule has 0 saturated heterocycles. The average molecular weight is 538 g/mol. The van der Waals surface area contributed by atoms with E-state index in [1.807, 2.05) is 60.7 Å². The molecule has 0 aliphatic heterocycles. The zero-order valence-corrected chi connectivity index (χ0v) is 22.9. The Morgan fingerprint density at radius 2 is 1.43 bits per heavy atom. The standard InChI is InChI=1S/C33H31NO6/c1-22(35)39-26-16-18-30(38-21-23-11-7-5-8-12-23)28(20-26)31(36)34-29-19-25(24-13-9-6-10-14-24)15-17-27(29)32(37)40-33(2,3)4/h5-20H,21H2,1-4H3,(H,34,36). The summed E-state index contributed by atoms with van der Waals surface area (Å²) in [5, 5.41) is 2.86. The third kappa shape index (κ3) is 7.57. The number of anilines is 1. The normalized spacial score (nSPS) is 10.9. The highest BCUT2D eigenvalue weighted by Crippen LogP contribution is 2.30. The van der Waals surface area contributed by atoms with E-state index in [0.717, 1.165) is 16.7 Å². The van der Waals surface area contributed by atoms with Gasteiger partial charge in [0.25, 0.3) is 5.91 Å². The van der Waals surface area contributed by atoms with Crippen LogP contribution in [0.4, 0.5) is 5.69 Å². The lowest BCUT2D eigenvalue weighted by molar-refractivity contribution is -0.131. The number of hydrogen-bond acceptors (Lipinski definition) is 6. The molecule has 1 amide bonds. The molecule has 204 valence electrons. The molecule has 0 bridgehead atoms. The Bertz CT molecular complexity index is 1510. The molecule has 1 N–H and O–H groups in total. The molecule has 4 aromatic carbocycles. The zero-order valence-electron chi connectivity index (χ0n) is 22.9. The summed E-state index contributed by atoms with van der Waals surface area (Å²) in [5.74, 6) is -1.17. The van der Waals surface area contributed by atoms with Gasteiger partial charge < -0.3 is 19.5 Å². The van der Waals surface area contributed by atoms with Gasteiger partial charge in [-0.2, -0.15) is 0 Å². The lowest BCUT2D eigenvalue weighted by Gasteiger charge is -2.21. The van der Waals surface area contributed by atoms with Crippen molar-refractivity contribution in [1.82, 2.24) is 0 Å². The van der Waals surface area contributed by atoms with Gasteiger partial charge in [-0.05, 0) is 67.8 Å². The number of rotatable bonds is 8. The van der Waals surface area contributed by atoms with Crippen LogP contribution >= 0.6 is 0 Å². The number of carbonyl (C=O) groups is 3. The van der Waals surface area contributed by atoms with Crippen LogP contribution in [0.15, 0.2) is 97.1 Å². The molecule has 40 heavy (non-hydrogen) atoms. The van der Waals surface area contributed by atoms with Crippen LogP contribution in [0.3, 0.4) is 0 Å². The number of ether oxygens (including phenoxy) is 3. The largest absolute Gasteiger partial charge is 0.488 e. The fourth-order valence-corrected chi connectivity index (χ4v) is 3.94. The maximum Gasteiger partial charge on any atom is 0.340 e. The smallest absolute Gasteiger partial charge is 0.340 e. The van der Waals surface area contributed by atoms with Crippen LogP contribution in [0.1, 0.15) is 54.0 Å². The summed E-state index contributed by atoms with van der Waals surface area (Å²) in [6, 6.07) is 28.9. The van der Waals surface area contributed by atoms with Crippen LogP contribution in [-0.4, -0.2) is 23.4 Å². The fourth-order valence-electron chi connectivity index (χ4n) is 3.94. The number of esters is 2. The Hall–Kier alpha value is -4.91. The first-order valence-electron chi connectivity index (χ1n) is 12.8. The van der Waals surface area contributed by atoms with Crippen molar-refractivity contribution in [3.05, 3.63) is 114 Å². The predicted octanol–water partition coefficient (Wildman–Crippen LogP) is 7.07. The van der Waals surface area contributed by atoms with Crippen LogP contribution in [0.25, 0.3) is 11.1 Å². The summed E-state index contributed by atoms with van der Waals surface area (Å²) >= 11 is 0. The second kappa shape index (κ2) is 12.3. The summed E-state index contributed by atoms with van der Waals surface area (Å²) in [6.07, 6.45) is 0. The topological polar surface area (TPSA) is 90.9 Å². The molecule has 0 atom stereocenters. The second-order valence-corrected chi connectivity index (χ2v) is 10.1. The van der Waals surface area contributed by atoms with Gasteiger partial charge in [0, 0.05) is 6.92 Å². The SMILES string of the molecule is CC(=O)Oc1ccc(OCc2ccccc2)c(C(=O)Nc2cc(-c3ccccc3)ccc2C(=O)OC(C)(C)C)c1. The molecule has 0 heterocycles. The van der Waals surface area contributed by atoms with Crippen LogP contribution in [-0.2, 0) is 16.1 Å². The monoisotopic (exact) mass is 537 g/mol. The highest BCUT2D eigenvalue weighted by atomic mass is 16.6. The van der Waals surface area contributed by atoms with Gasteiger partial charge >= 0.3 is 11.9 Å².